The fraction of sp³-hybridized carbons (Fsp3) is 0.250. The number of methoxy groups -OCH3 is 1. The summed E-state index contributed by atoms with van der Waals surface area (Å²) in [7, 11) is 1.63. The molecular weight excluding hydrogens is 460 g/mol. The molecule has 0 bridgehead atoms. The number of halogens is 1. The Morgan fingerprint density at radius 1 is 0.943 bits per heavy atom. The van der Waals surface area contributed by atoms with Crippen LogP contribution in [-0.4, -0.2) is 28.1 Å². The number of hydrogen-bond acceptors (Lipinski definition) is 5. The summed E-state index contributed by atoms with van der Waals surface area (Å²) in [5.74, 6) is 3.37. The molecule has 1 aromatic heterocycles. The highest BCUT2D eigenvalue weighted by atomic mass is 35.5. The van der Waals surface area contributed by atoms with Gasteiger partial charge in [-0.2, -0.15) is 0 Å². The Kier molecular flexibility index (Phi) is 7.09. The van der Waals surface area contributed by atoms with Crippen molar-refractivity contribution in [2.24, 2.45) is 4.99 Å². The molecule has 0 fully saturated rings. The Hall–Kier alpha value is -3.64. The van der Waals surface area contributed by atoms with Crippen molar-refractivity contribution in [3.05, 3.63) is 88.7 Å². The first-order valence-corrected chi connectivity index (χ1v) is 12.2. The van der Waals surface area contributed by atoms with Crippen molar-refractivity contribution in [3.8, 4) is 22.9 Å². The van der Waals surface area contributed by atoms with Crippen molar-refractivity contribution in [2.75, 3.05) is 7.11 Å². The number of nitrogens with zero attached hydrogens (tertiary/aromatic N) is 4. The molecule has 3 aromatic carbocycles. The molecule has 0 spiro atoms. The summed E-state index contributed by atoms with van der Waals surface area (Å²) in [5, 5.41) is 9.55. The highest BCUT2D eigenvalue weighted by Crippen LogP contribution is 2.29. The van der Waals surface area contributed by atoms with Gasteiger partial charge in [-0.3, -0.25) is 4.99 Å². The number of hydrogen-bond donors (Lipinski definition) is 0. The third kappa shape index (κ3) is 5.54. The fourth-order valence-corrected chi connectivity index (χ4v) is 4.30. The summed E-state index contributed by atoms with van der Waals surface area (Å²) >= 11 is 5.95. The zero-order valence-corrected chi connectivity index (χ0v) is 20.4. The normalized spacial score (nSPS) is 13.4. The third-order valence-corrected chi connectivity index (χ3v) is 6.34. The largest absolute Gasteiger partial charge is 0.493 e. The fourth-order valence-electron chi connectivity index (χ4n) is 4.17. The molecule has 0 amide bonds. The van der Waals surface area contributed by atoms with Crippen molar-refractivity contribution in [1.82, 2.24) is 14.8 Å². The molecule has 0 radical (unpaired) electrons. The minimum Gasteiger partial charge on any atom is -0.493 e. The summed E-state index contributed by atoms with van der Waals surface area (Å²) in [6.07, 6.45) is 6.44. The lowest BCUT2D eigenvalue weighted by molar-refractivity contribution is 0.284. The van der Waals surface area contributed by atoms with E-state index in [-0.39, 0.29) is 0 Å². The minimum atomic E-state index is 0.433. The van der Waals surface area contributed by atoms with E-state index in [4.69, 9.17) is 21.1 Å². The molecule has 0 aliphatic carbocycles. The number of aromatic nitrogens is 3. The molecule has 178 valence electrons. The van der Waals surface area contributed by atoms with E-state index in [1.54, 1.807) is 7.11 Å². The van der Waals surface area contributed by atoms with Crippen LogP contribution in [0.15, 0.2) is 71.7 Å². The van der Waals surface area contributed by atoms with Crippen LogP contribution in [0.1, 0.15) is 36.2 Å². The van der Waals surface area contributed by atoms with E-state index in [2.05, 4.69) is 31.9 Å². The molecule has 0 N–H and O–H groups in total. The summed E-state index contributed by atoms with van der Waals surface area (Å²) in [5.41, 5.74) is 3.89. The van der Waals surface area contributed by atoms with Gasteiger partial charge in [0.15, 0.2) is 17.3 Å². The van der Waals surface area contributed by atoms with Crippen LogP contribution in [0.2, 0.25) is 5.02 Å². The average Bonchev–Trinajstić information content (AvgIpc) is 3.15. The molecule has 1 aliphatic heterocycles. The van der Waals surface area contributed by atoms with Crippen LogP contribution in [0.3, 0.4) is 0 Å². The van der Waals surface area contributed by atoms with Crippen molar-refractivity contribution in [1.29, 1.82) is 0 Å². The number of benzene rings is 3. The molecule has 7 heteroatoms. The van der Waals surface area contributed by atoms with Gasteiger partial charge in [0, 0.05) is 29.8 Å². The number of fused-ring (bicyclic) bond motifs is 1. The van der Waals surface area contributed by atoms with Gasteiger partial charge in [0.25, 0.3) is 0 Å². The zero-order chi connectivity index (χ0) is 24.0. The second kappa shape index (κ2) is 10.7. The van der Waals surface area contributed by atoms with Gasteiger partial charge < -0.3 is 14.0 Å². The highest BCUT2D eigenvalue weighted by Gasteiger charge is 2.15. The van der Waals surface area contributed by atoms with E-state index in [0.29, 0.717) is 23.1 Å². The van der Waals surface area contributed by atoms with Gasteiger partial charge in [0.05, 0.1) is 12.8 Å². The molecule has 1 aliphatic rings. The highest BCUT2D eigenvalue weighted by molar-refractivity contribution is 6.30. The number of rotatable bonds is 7. The molecule has 6 nitrogen and oxygen atoms in total. The molecule has 0 saturated carbocycles. The van der Waals surface area contributed by atoms with E-state index < -0.39 is 0 Å². The van der Waals surface area contributed by atoms with Gasteiger partial charge in [0.1, 0.15) is 12.4 Å². The first-order chi connectivity index (χ1) is 17.2. The van der Waals surface area contributed by atoms with Crippen LogP contribution in [-0.2, 0) is 19.6 Å². The Labute approximate surface area is 210 Å². The van der Waals surface area contributed by atoms with E-state index in [9.17, 15) is 0 Å². The van der Waals surface area contributed by atoms with Crippen LogP contribution < -0.4 is 9.47 Å². The lowest BCUT2D eigenvalue weighted by atomic mass is 10.2. The topological polar surface area (TPSA) is 61.5 Å². The molecule has 0 unspecified atom stereocenters. The summed E-state index contributed by atoms with van der Waals surface area (Å²) < 4.78 is 13.7. The predicted molar refractivity (Wildman–Crippen MR) is 139 cm³/mol. The van der Waals surface area contributed by atoms with E-state index in [0.717, 1.165) is 47.0 Å². The van der Waals surface area contributed by atoms with Crippen LogP contribution in [0.5, 0.6) is 11.5 Å². The smallest absolute Gasteiger partial charge is 0.163 e. The minimum absolute atomic E-state index is 0.433. The number of ether oxygens (including phenoxy) is 2. The Balaban J connectivity index is 1.26. The Morgan fingerprint density at radius 3 is 2.57 bits per heavy atom. The molecule has 2 heterocycles. The molecule has 35 heavy (non-hydrogen) atoms. The van der Waals surface area contributed by atoms with Gasteiger partial charge in [-0.1, -0.05) is 30.2 Å². The second-order valence-corrected chi connectivity index (χ2v) is 8.97. The quantitative estimate of drug-likeness (QED) is 0.274. The first-order valence-electron chi connectivity index (χ1n) is 11.8. The Morgan fingerprint density at radius 2 is 1.77 bits per heavy atom. The predicted octanol–water partition coefficient (Wildman–Crippen LogP) is 6.66. The van der Waals surface area contributed by atoms with Crippen molar-refractivity contribution in [2.45, 2.75) is 38.8 Å². The van der Waals surface area contributed by atoms with Crippen LogP contribution in [0.4, 0.5) is 5.69 Å². The number of aliphatic imine (C=N–C) groups is 1. The van der Waals surface area contributed by atoms with E-state index in [1.807, 2.05) is 60.8 Å². The van der Waals surface area contributed by atoms with Gasteiger partial charge in [0.2, 0.25) is 0 Å². The Bertz CT molecular complexity index is 1310. The average molecular weight is 487 g/mol. The lowest BCUT2D eigenvalue weighted by Gasteiger charge is -2.11. The summed E-state index contributed by atoms with van der Waals surface area (Å²) in [6.45, 7) is 1.42. The summed E-state index contributed by atoms with van der Waals surface area (Å²) in [6, 6.07) is 21.5. The SMILES string of the molecule is COc1cc(C=Nc2ccc(-c3nnc4n3CCCCC4)cc2)ccc1OCc1ccc(Cl)cc1. The number of aryl methyl sites for hydroxylation is 1. The maximum Gasteiger partial charge on any atom is 0.163 e. The third-order valence-electron chi connectivity index (χ3n) is 6.09. The molecule has 5 rings (SSSR count). The van der Waals surface area contributed by atoms with E-state index >= 15 is 0 Å². The molecule has 0 atom stereocenters. The molecular formula is C28H27ClN4O2. The first kappa shape index (κ1) is 23.1. The standard InChI is InChI=1S/C28H27ClN4O2/c1-34-26-17-21(8-15-25(26)35-19-20-6-11-23(29)12-7-20)18-30-24-13-9-22(10-14-24)28-32-31-27-5-3-2-4-16-33(27)28/h6-15,17-18H,2-5,16,19H2,1H3. The maximum absolute atomic E-state index is 5.95. The molecule has 0 saturated heterocycles. The summed E-state index contributed by atoms with van der Waals surface area (Å²) in [4.78, 5) is 4.63. The van der Waals surface area contributed by atoms with E-state index in [1.165, 1.54) is 19.3 Å². The lowest BCUT2D eigenvalue weighted by Crippen LogP contribution is -2.02. The second-order valence-electron chi connectivity index (χ2n) is 8.53. The van der Waals surface area contributed by atoms with Gasteiger partial charge >= 0.3 is 0 Å². The maximum atomic E-state index is 5.95. The van der Waals surface area contributed by atoms with Crippen molar-refractivity contribution >= 4 is 23.5 Å². The molecule has 4 aromatic rings. The van der Waals surface area contributed by atoms with Gasteiger partial charge in [-0.15, -0.1) is 10.2 Å². The zero-order valence-electron chi connectivity index (χ0n) is 19.7. The van der Waals surface area contributed by atoms with Crippen LogP contribution in [0.25, 0.3) is 11.4 Å². The van der Waals surface area contributed by atoms with Gasteiger partial charge in [-0.05, 0) is 78.6 Å². The van der Waals surface area contributed by atoms with Crippen molar-refractivity contribution in [3.63, 3.8) is 0 Å². The van der Waals surface area contributed by atoms with Gasteiger partial charge in [-0.25, -0.2) is 0 Å². The van der Waals surface area contributed by atoms with Crippen molar-refractivity contribution < 1.29 is 9.47 Å². The van der Waals surface area contributed by atoms with Crippen LogP contribution in [0, 0.1) is 0 Å². The monoisotopic (exact) mass is 486 g/mol. The van der Waals surface area contributed by atoms with Crippen LogP contribution >= 0.6 is 11.6 Å².